The minimum Gasteiger partial charge on any atom is -0.406 e. The maximum atomic E-state index is 13.4. The minimum absolute atomic E-state index is 0.0748. The van der Waals surface area contributed by atoms with Gasteiger partial charge in [0.15, 0.2) is 0 Å². The van der Waals surface area contributed by atoms with Crippen molar-refractivity contribution in [3.8, 4) is 0 Å². The lowest BCUT2D eigenvalue weighted by atomic mass is 9.79. The van der Waals surface area contributed by atoms with Crippen LogP contribution in [0.4, 0.5) is 14.9 Å². The minimum atomic E-state index is -2.37. The first-order valence-corrected chi connectivity index (χ1v) is 9.30. The highest BCUT2D eigenvalue weighted by Crippen LogP contribution is 2.48. The van der Waals surface area contributed by atoms with Crippen molar-refractivity contribution in [2.45, 2.75) is 12.3 Å². The van der Waals surface area contributed by atoms with Gasteiger partial charge in [0.25, 0.3) is 0 Å². The first kappa shape index (κ1) is 19.6. The molecule has 1 atom stereocenters. The van der Waals surface area contributed by atoms with Crippen LogP contribution in [0, 0.1) is 11.2 Å². The van der Waals surface area contributed by atoms with Crippen LogP contribution in [0.3, 0.4) is 0 Å². The Balaban J connectivity index is 1.50. The van der Waals surface area contributed by atoms with Crippen molar-refractivity contribution in [1.82, 2.24) is 5.32 Å². The predicted molar refractivity (Wildman–Crippen MR) is 102 cm³/mol. The fourth-order valence-electron chi connectivity index (χ4n) is 3.55. The molecule has 2 aromatic carbocycles. The van der Waals surface area contributed by atoms with Crippen LogP contribution < -0.4 is 10.2 Å². The van der Waals surface area contributed by atoms with Gasteiger partial charge in [-0.2, -0.15) is 0 Å². The summed E-state index contributed by atoms with van der Waals surface area (Å²) in [6.07, 6.45) is -1.01. The number of benzene rings is 2. The molecule has 2 aromatic rings. The van der Waals surface area contributed by atoms with Crippen LogP contribution >= 0.6 is 11.6 Å². The zero-order valence-corrected chi connectivity index (χ0v) is 16.0. The molecule has 2 aliphatic rings. The van der Waals surface area contributed by atoms with E-state index in [4.69, 9.17) is 21.1 Å². The van der Waals surface area contributed by atoms with Gasteiger partial charge in [-0.1, -0.05) is 29.8 Å². The SMILES string of the molecule is O=C(NCc1cc(F)cc(Cl)c1)OC1(O)C(=O)N(c2ccccc2)CC12COC2. The number of rotatable bonds is 4. The Kier molecular flexibility index (Phi) is 4.94. The Morgan fingerprint density at radius 1 is 1.28 bits per heavy atom. The number of nitrogens with zero attached hydrogens (tertiary/aromatic N) is 1. The van der Waals surface area contributed by atoms with Crippen molar-refractivity contribution >= 4 is 29.3 Å². The van der Waals surface area contributed by atoms with Gasteiger partial charge >= 0.3 is 17.8 Å². The van der Waals surface area contributed by atoms with E-state index in [0.29, 0.717) is 11.3 Å². The highest BCUT2D eigenvalue weighted by Gasteiger charge is 2.70. The summed E-state index contributed by atoms with van der Waals surface area (Å²) in [5.74, 6) is -3.66. The number of aliphatic hydroxyl groups is 1. The molecule has 9 heteroatoms. The van der Waals surface area contributed by atoms with Crippen molar-refractivity contribution in [1.29, 1.82) is 0 Å². The number of hydrogen-bond donors (Lipinski definition) is 2. The Labute approximate surface area is 171 Å². The molecule has 0 saturated carbocycles. The van der Waals surface area contributed by atoms with Crippen LogP contribution in [-0.4, -0.2) is 42.7 Å². The number of amides is 2. The Bertz CT molecular complexity index is 933. The summed E-state index contributed by atoms with van der Waals surface area (Å²) in [5, 5.41) is 13.7. The summed E-state index contributed by atoms with van der Waals surface area (Å²) in [5.41, 5.74) is -0.0678. The molecule has 0 bridgehead atoms. The largest absolute Gasteiger partial charge is 0.410 e. The summed E-state index contributed by atoms with van der Waals surface area (Å²) in [7, 11) is 0. The Morgan fingerprint density at radius 3 is 2.62 bits per heavy atom. The van der Waals surface area contributed by atoms with E-state index in [9.17, 15) is 19.1 Å². The number of hydrogen-bond acceptors (Lipinski definition) is 5. The second kappa shape index (κ2) is 7.29. The fourth-order valence-corrected chi connectivity index (χ4v) is 3.80. The molecule has 7 nitrogen and oxygen atoms in total. The number of ether oxygens (including phenoxy) is 2. The lowest BCUT2D eigenvalue weighted by Gasteiger charge is -2.44. The molecule has 0 aromatic heterocycles. The number of carbonyl (C=O) groups excluding carboxylic acids is 2. The van der Waals surface area contributed by atoms with Gasteiger partial charge in [0, 0.05) is 23.8 Å². The maximum Gasteiger partial charge on any atom is 0.410 e. The first-order valence-electron chi connectivity index (χ1n) is 8.92. The standard InChI is InChI=1S/C20H18ClFN2O5/c21-14-6-13(7-15(22)8-14)9-23-18(26)29-20(27)17(25)24(10-19(20)11-28-12-19)16-4-2-1-3-5-16/h1-8,27H,9-12H2,(H,23,26). The quantitative estimate of drug-likeness (QED) is 0.742. The molecule has 29 heavy (non-hydrogen) atoms. The lowest BCUT2D eigenvalue weighted by Crippen LogP contribution is -2.63. The molecule has 0 aliphatic carbocycles. The average Bonchev–Trinajstić information content (AvgIpc) is 2.88. The van der Waals surface area contributed by atoms with E-state index in [1.165, 1.54) is 17.0 Å². The highest BCUT2D eigenvalue weighted by atomic mass is 35.5. The summed E-state index contributed by atoms with van der Waals surface area (Å²) < 4.78 is 23.8. The summed E-state index contributed by atoms with van der Waals surface area (Å²) in [6, 6.07) is 12.6. The number of halogens is 2. The third-order valence-electron chi connectivity index (χ3n) is 5.14. The van der Waals surface area contributed by atoms with E-state index >= 15 is 0 Å². The zero-order chi connectivity index (χ0) is 20.6. The third-order valence-corrected chi connectivity index (χ3v) is 5.36. The van der Waals surface area contributed by atoms with Crippen LogP contribution in [0.15, 0.2) is 48.5 Å². The van der Waals surface area contributed by atoms with Crippen LogP contribution in [0.25, 0.3) is 0 Å². The van der Waals surface area contributed by atoms with Crippen molar-refractivity contribution in [3.05, 3.63) is 64.9 Å². The van der Waals surface area contributed by atoms with E-state index in [1.54, 1.807) is 30.3 Å². The van der Waals surface area contributed by atoms with Gasteiger partial charge in [0.1, 0.15) is 11.2 Å². The van der Waals surface area contributed by atoms with Crippen molar-refractivity contribution in [2.24, 2.45) is 5.41 Å². The predicted octanol–water partition coefficient (Wildman–Crippen LogP) is 2.46. The molecular formula is C20H18ClFN2O5. The van der Waals surface area contributed by atoms with Gasteiger partial charge in [-0.05, 0) is 35.9 Å². The van der Waals surface area contributed by atoms with E-state index in [1.807, 2.05) is 0 Å². The first-order chi connectivity index (χ1) is 13.8. The summed E-state index contributed by atoms with van der Waals surface area (Å²) in [6.45, 7) is 0.211. The molecule has 2 N–H and O–H groups in total. The number of para-hydroxylation sites is 1. The lowest BCUT2D eigenvalue weighted by molar-refractivity contribution is -0.275. The van der Waals surface area contributed by atoms with Gasteiger partial charge in [0.2, 0.25) is 0 Å². The van der Waals surface area contributed by atoms with Crippen LogP contribution in [0.2, 0.25) is 5.02 Å². The molecule has 0 radical (unpaired) electrons. The molecule has 1 unspecified atom stereocenters. The third kappa shape index (κ3) is 3.43. The van der Waals surface area contributed by atoms with Gasteiger partial charge in [-0.25, -0.2) is 9.18 Å². The molecule has 2 fully saturated rings. The molecule has 2 heterocycles. The number of carbonyl (C=O) groups is 2. The molecule has 4 rings (SSSR count). The second-order valence-corrected chi connectivity index (χ2v) is 7.60. The molecule has 2 aliphatic heterocycles. The molecule has 2 saturated heterocycles. The summed E-state index contributed by atoms with van der Waals surface area (Å²) in [4.78, 5) is 26.7. The monoisotopic (exact) mass is 420 g/mol. The van der Waals surface area contributed by atoms with E-state index in [-0.39, 0.29) is 31.3 Å². The zero-order valence-electron chi connectivity index (χ0n) is 15.2. The van der Waals surface area contributed by atoms with Crippen molar-refractivity contribution in [3.63, 3.8) is 0 Å². The van der Waals surface area contributed by atoms with E-state index < -0.39 is 29.0 Å². The van der Waals surface area contributed by atoms with Gasteiger partial charge in [-0.3, -0.25) is 4.79 Å². The van der Waals surface area contributed by atoms with E-state index in [2.05, 4.69) is 5.32 Å². The fraction of sp³-hybridized carbons (Fsp3) is 0.300. The molecule has 1 spiro atoms. The average molecular weight is 421 g/mol. The Morgan fingerprint density at radius 2 is 2.00 bits per heavy atom. The second-order valence-electron chi connectivity index (χ2n) is 7.16. The van der Waals surface area contributed by atoms with E-state index in [0.717, 1.165) is 6.07 Å². The van der Waals surface area contributed by atoms with Crippen molar-refractivity contribution < 1.29 is 28.6 Å². The normalized spacial score (nSPS) is 22.4. The van der Waals surface area contributed by atoms with Gasteiger partial charge in [-0.15, -0.1) is 0 Å². The maximum absolute atomic E-state index is 13.4. The molecular weight excluding hydrogens is 403 g/mol. The van der Waals surface area contributed by atoms with Gasteiger partial charge < -0.3 is 24.8 Å². The highest BCUT2D eigenvalue weighted by molar-refractivity contribution is 6.30. The number of nitrogens with one attached hydrogen (secondary N) is 1. The van der Waals surface area contributed by atoms with Gasteiger partial charge in [0.05, 0.1) is 13.2 Å². The Hall–Kier alpha value is -2.68. The summed E-state index contributed by atoms with van der Waals surface area (Å²) >= 11 is 5.79. The van der Waals surface area contributed by atoms with Crippen molar-refractivity contribution in [2.75, 3.05) is 24.7 Å². The molecule has 152 valence electrons. The number of alkyl carbamates (subject to hydrolysis) is 1. The van der Waals surface area contributed by atoms with Crippen LogP contribution in [0.1, 0.15) is 5.56 Å². The molecule has 2 amide bonds. The smallest absolute Gasteiger partial charge is 0.406 e. The number of anilines is 1. The van der Waals surface area contributed by atoms with Crippen LogP contribution in [-0.2, 0) is 20.8 Å². The van der Waals surface area contributed by atoms with Crippen LogP contribution in [0.5, 0.6) is 0 Å². The topological polar surface area (TPSA) is 88.1 Å².